The van der Waals surface area contributed by atoms with Crippen LogP contribution in [-0.4, -0.2) is 22.4 Å². The van der Waals surface area contributed by atoms with E-state index in [9.17, 15) is 4.79 Å². The molecule has 8 heteroatoms. The molecule has 0 saturated carbocycles. The number of rotatable bonds is 8. The topological polar surface area (TPSA) is 58.1 Å². The molecule has 0 atom stereocenters. The van der Waals surface area contributed by atoms with Crippen LogP contribution >= 0.6 is 45.8 Å². The summed E-state index contributed by atoms with van der Waals surface area (Å²) in [4.78, 5) is 24.3. The highest BCUT2D eigenvalue weighted by Crippen LogP contribution is 2.26. The Morgan fingerprint density at radius 2 is 1.56 bits per heavy atom. The number of hydrogen-bond donors (Lipinski definition) is 1. The van der Waals surface area contributed by atoms with Crippen LogP contribution in [0.15, 0.2) is 48.5 Å². The summed E-state index contributed by atoms with van der Waals surface area (Å²) in [5.74, 6) is 1.62. The zero-order valence-electron chi connectivity index (χ0n) is 18.2. The van der Waals surface area contributed by atoms with Crippen LogP contribution in [0.1, 0.15) is 42.4 Å². The van der Waals surface area contributed by atoms with Gasteiger partial charge in [-0.2, -0.15) is 0 Å². The highest BCUT2D eigenvalue weighted by molar-refractivity contribution is 14.1. The van der Waals surface area contributed by atoms with Crippen molar-refractivity contribution in [3.8, 4) is 0 Å². The van der Waals surface area contributed by atoms with Crippen LogP contribution in [0.2, 0.25) is 10.0 Å². The third-order valence-corrected chi connectivity index (χ3v) is 6.62. The van der Waals surface area contributed by atoms with Crippen LogP contribution in [0.5, 0.6) is 0 Å². The largest absolute Gasteiger partial charge is 0.350 e. The zero-order valence-corrected chi connectivity index (χ0v) is 21.9. The van der Waals surface area contributed by atoms with Gasteiger partial charge in [0.05, 0.1) is 15.8 Å². The van der Waals surface area contributed by atoms with Gasteiger partial charge >= 0.3 is 0 Å². The number of nitrogens with one attached hydrogen (secondary N) is 1. The van der Waals surface area contributed by atoms with E-state index < -0.39 is 0 Å². The number of hydrogen-bond acceptors (Lipinski definition) is 4. The summed E-state index contributed by atoms with van der Waals surface area (Å²) in [6.07, 6.45) is 0. The first kappa shape index (κ1) is 24.7. The van der Waals surface area contributed by atoms with Gasteiger partial charge in [-0.1, -0.05) is 61.3 Å². The standard InChI is InChI=1S/C24H25Cl2IN4O/c1-15(2)23-29-16(3)22(27)24(30-23)31(13-18-6-10-20(26)11-7-18)14-21(32)28-12-17-4-8-19(25)9-5-17/h4-11,15H,12-14H2,1-3H3,(H,28,32). The van der Waals surface area contributed by atoms with Gasteiger partial charge in [-0.05, 0) is 64.9 Å². The highest BCUT2D eigenvalue weighted by atomic mass is 127. The summed E-state index contributed by atoms with van der Waals surface area (Å²) in [5, 5.41) is 4.34. The van der Waals surface area contributed by atoms with E-state index in [0.29, 0.717) is 23.1 Å². The lowest BCUT2D eigenvalue weighted by Gasteiger charge is -2.26. The molecule has 1 N–H and O–H groups in total. The molecular weight excluding hydrogens is 558 g/mol. The van der Waals surface area contributed by atoms with E-state index in [0.717, 1.165) is 32.0 Å². The molecule has 5 nitrogen and oxygen atoms in total. The lowest BCUT2D eigenvalue weighted by atomic mass is 10.2. The number of nitrogens with zero attached hydrogens (tertiary/aromatic N) is 3. The summed E-state index contributed by atoms with van der Waals surface area (Å²) >= 11 is 14.3. The second kappa shape index (κ2) is 11.3. The fourth-order valence-corrected chi connectivity index (χ4v) is 3.92. The Labute approximate surface area is 212 Å². The third kappa shape index (κ3) is 6.80. The van der Waals surface area contributed by atoms with E-state index in [4.69, 9.17) is 28.2 Å². The summed E-state index contributed by atoms with van der Waals surface area (Å²) in [6, 6.07) is 15.1. The number of anilines is 1. The number of aryl methyl sites for hydroxylation is 1. The Morgan fingerprint density at radius 3 is 2.12 bits per heavy atom. The molecule has 2 aromatic carbocycles. The van der Waals surface area contributed by atoms with Gasteiger partial charge in [-0.3, -0.25) is 4.79 Å². The molecule has 32 heavy (non-hydrogen) atoms. The summed E-state index contributed by atoms with van der Waals surface area (Å²) in [5.41, 5.74) is 2.93. The van der Waals surface area contributed by atoms with E-state index in [-0.39, 0.29) is 18.4 Å². The van der Waals surface area contributed by atoms with Crippen LogP contribution in [-0.2, 0) is 17.9 Å². The average molecular weight is 583 g/mol. The van der Waals surface area contributed by atoms with Crippen molar-refractivity contribution in [1.29, 1.82) is 0 Å². The zero-order chi connectivity index (χ0) is 23.3. The van der Waals surface area contributed by atoms with Crippen molar-refractivity contribution in [3.05, 3.63) is 84.8 Å². The second-order valence-electron chi connectivity index (χ2n) is 7.85. The lowest BCUT2D eigenvalue weighted by Crippen LogP contribution is -2.38. The molecule has 0 fully saturated rings. The first-order valence-corrected chi connectivity index (χ1v) is 12.1. The van der Waals surface area contributed by atoms with Crippen LogP contribution in [0.4, 0.5) is 5.82 Å². The normalized spacial score (nSPS) is 11.0. The quantitative estimate of drug-likeness (QED) is 0.324. The minimum Gasteiger partial charge on any atom is -0.350 e. The van der Waals surface area contributed by atoms with Crippen molar-refractivity contribution in [2.45, 2.75) is 39.8 Å². The molecule has 3 aromatic rings. The number of carbonyl (C=O) groups excluding carboxylic acids is 1. The molecule has 1 amide bonds. The first-order chi connectivity index (χ1) is 15.2. The molecule has 0 aliphatic heterocycles. The maximum Gasteiger partial charge on any atom is 0.239 e. The Hall–Kier alpha value is -1.90. The predicted octanol–water partition coefficient (Wildman–Crippen LogP) is 6.14. The predicted molar refractivity (Wildman–Crippen MR) is 139 cm³/mol. The monoisotopic (exact) mass is 582 g/mol. The van der Waals surface area contributed by atoms with E-state index >= 15 is 0 Å². The molecule has 0 saturated heterocycles. The van der Waals surface area contributed by atoms with E-state index in [1.54, 1.807) is 0 Å². The second-order valence-corrected chi connectivity index (χ2v) is 9.80. The number of amides is 1. The minimum absolute atomic E-state index is 0.0907. The van der Waals surface area contributed by atoms with Crippen LogP contribution in [0, 0.1) is 10.5 Å². The molecule has 0 aliphatic carbocycles. The van der Waals surface area contributed by atoms with Crippen LogP contribution in [0.3, 0.4) is 0 Å². The van der Waals surface area contributed by atoms with Crippen molar-refractivity contribution in [1.82, 2.24) is 15.3 Å². The van der Waals surface area contributed by atoms with Crippen molar-refractivity contribution in [3.63, 3.8) is 0 Å². The van der Waals surface area contributed by atoms with Gasteiger partial charge in [-0.15, -0.1) is 0 Å². The van der Waals surface area contributed by atoms with Gasteiger partial charge in [0.2, 0.25) is 5.91 Å². The minimum atomic E-state index is -0.0907. The molecule has 0 spiro atoms. The molecule has 1 heterocycles. The third-order valence-electron chi connectivity index (χ3n) is 4.86. The van der Waals surface area contributed by atoms with Gasteiger partial charge in [0.15, 0.2) is 0 Å². The molecule has 3 rings (SSSR count). The van der Waals surface area contributed by atoms with Crippen molar-refractivity contribution in [2.24, 2.45) is 0 Å². The number of halogens is 3. The van der Waals surface area contributed by atoms with Crippen LogP contribution in [0.25, 0.3) is 0 Å². The highest BCUT2D eigenvalue weighted by Gasteiger charge is 2.20. The van der Waals surface area contributed by atoms with Crippen molar-refractivity contribution in [2.75, 3.05) is 11.4 Å². The Morgan fingerprint density at radius 1 is 1.00 bits per heavy atom. The molecule has 0 bridgehead atoms. The van der Waals surface area contributed by atoms with Gasteiger partial charge in [0.25, 0.3) is 0 Å². The molecule has 1 aromatic heterocycles. The van der Waals surface area contributed by atoms with Crippen molar-refractivity contribution >= 4 is 57.5 Å². The summed E-state index contributed by atoms with van der Waals surface area (Å²) in [7, 11) is 0. The Balaban J connectivity index is 1.84. The number of aromatic nitrogens is 2. The molecule has 0 radical (unpaired) electrons. The van der Waals surface area contributed by atoms with E-state index in [2.05, 4.69) is 46.7 Å². The van der Waals surface area contributed by atoms with Gasteiger partial charge < -0.3 is 10.2 Å². The average Bonchev–Trinajstić information content (AvgIpc) is 2.76. The maximum atomic E-state index is 12.9. The van der Waals surface area contributed by atoms with Crippen molar-refractivity contribution < 1.29 is 4.79 Å². The lowest BCUT2D eigenvalue weighted by molar-refractivity contribution is -0.120. The molecule has 0 aliphatic rings. The van der Waals surface area contributed by atoms with Gasteiger partial charge in [0.1, 0.15) is 11.6 Å². The molecular formula is C24H25Cl2IN4O. The maximum absolute atomic E-state index is 12.9. The SMILES string of the molecule is Cc1nc(C(C)C)nc(N(CC(=O)NCc2ccc(Cl)cc2)Cc2ccc(Cl)cc2)c1I. The van der Waals surface area contributed by atoms with E-state index in [1.165, 1.54) is 0 Å². The first-order valence-electron chi connectivity index (χ1n) is 10.3. The Kier molecular flexibility index (Phi) is 8.73. The summed E-state index contributed by atoms with van der Waals surface area (Å²) in [6.45, 7) is 7.22. The number of benzene rings is 2. The number of carbonyl (C=O) groups is 1. The fraction of sp³-hybridized carbons (Fsp3) is 0.292. The molecule has 0 unspecified atom stereocenters. The Bertz CT molecular complexity index is 1070. The van der Waals surface area contributed by atoms with Gasteiger partial charge in [0, 0.05) is 29.1 Å². The molecule has 168 valence electrons. The van der Waals surface area contributed by atoms with Crippen LogP contribution < -0.4 is 10.2 Å². The van der Waals surface area contributed by atoms with E-state index in [1.807, 2.05) is 60.4 Å². The van der Waals surface area contributed by atoms with Gasteiger partial charge in [-0.25, -0.2) is 9.97 Å². The fourth-order valence-electron chi connectivity index (χ4n) is 3.08. The smallest absolute Gasteiger partial charge is 0.239 e. The summed E-state index contributed by atoms with van der Waals surface area (Å²) < 4.78 is 0.937.